The van der Waals surface area contributed by atoms with Gasteiger partial charge in [-0.3, -0.25) is 5.32 Å². The minimum Gasteiger partial charge on any atom is -0.393 e. The molecule has 1 aromatic rings. The molecule has 0 unspecified atom stereocenters. The molecule has 0 aromatic carbocycles. The fourth-order valence-corrected chi connectivity index (χ4v) is 2.33. The predicted molar refractivity (Wildman–Crippen MR) is 75.6 cm³/mol. The maximum absolute atomic E-state index is 11.7. The molecule has 20 heavy (non-hydrogen) atoms. The van der Waals surface area contributed by atoms with Gasteiger partial charge in [0.15, 0.2) is 5.82 Å². The standard InChI is InChI=1S/C14H23N3O3/c1-14(2,3)11-7-12(17-20-11)16-13(19)15-8-9-5-4-6-10(9)18/h7,9-10,18H,4-6,8H2,1-3H3,(H2,15,16,17,19)/t9-,10+/m0/s1. The Morgan fingerprint density at radius 3 is 2.80 bits per heavy atom. The van der Waals surface area contributed by atoms with Gasteiger partial charge in [0, 0.05) is 23.9 Å². The lowest BCUT2D eigenvalue weighted by Crippen LogP contribution is -2.35. The maximum Gasteiger partial charge on any atom is 0.320 e. The van der Waals surface area contributed by atoms with Crippen molar-refractivity contribution in [1.82, 2.24) is 10.5 Å². The van der Waals surface area contributed by atoms with E-state index in [0.29, 0.717) is 12.4 Å². The molecule has 1 aromatic heterocycles. The molecule has 1 fully saturated rings. The zero-order valence-corrected chi connectivity index (χ0v) is 12.3. The van der Waals surface area contributed by atoms with E-state index >= 15 is 0 Å². The first-order valence-electron chi connectivity index (χ1n) is 7.06. The van der Waals surface area contributed by atoms with E-state index in [1.54, 1.807) is 6.07 Å². The summed E-state index contributed by atoms with van der Waals surface area (Å²) in [5.41, 5.74) is -0.142. The summed E-state index contributed by atoms with van der Waals surface area (Å²) in [6.07, 6.45) is 2.51. The van der Waals surface area contributed by atoms with Crippen LogP contribution in [0.3, 0.4) is 0 Å². The van der Waals surface area contributed by atoms with Gasteiger partial charge in [0.1, 0.15) is 5.76 Å². The van der Waals surface area contributed by atoms with Crippen LogP contribution >= 0.6 is 0 Å². The Bertz CT molecular complexity index is 464. The molecule has 1 saturated carbocycles. The van der Waals surface area contributed by atoms with Crippen LogP contribution in [0.25, 0.3) is 0 Å². The Hall–Kier alpha value is -1.56. The molecule has 0 bridgehead atoms. The largest absolute Gasteiger partial charge is 0.393 e. The van der Waals surface area contributed by atoms with Crippen LogP contribution in [0.5, 0.6) is 0 Å². The lowest BCUT2D eigenvalue weighted by molar-refractivity contribution is 0.133. The van der Waals surface area contributed by atoms with Crippen molar-refractivity contribution in [3.05, 3.63) is 11.8 Å². The van der Waals surface area contributed by atoms with Gasteiger partial charge in [0.2, 0.25) is 0 Å². The van der Waals surface area contributed by atoms with Crippen molar-refractivity contribution in [2.24, 2.45) is 5.92 Å². The molecule has 0 aliphatic heterocycles. The number of rotatable bonds is 3. The SMILES string of the molecule is CC(C)(C)c1cc(NC(=O)NC[C@@H]2CCC[C@H]2O)no1. The maximum atomic E-state index is 11.7. The smallest absolute Gasteiger partial charge is 0.320 e. The number of nitrogens with one attached hydrogen (secondary N) is 2. The molecular weight excluding hydrogens is 258 g/mol. The van der Waals surface area contributed by atoms with Gasteiger partial charge in [-0.1, -0.05) is 32.3 Å². The summed E-state index contributed by atoms with van der Waals surface area (Å²) in [5.74, 6) is 1.28. The van der Waals surface area contributed by atoms with Gasteiger partial charge in [0.05, 0.1) is 6.10 Å². The molecule has 6 heteroatoms. The Balaban J connectivity index is 1.81. The molecule has 1 aliphatic rings. The highest BCUT2D eigenvalue weighted by molar-refractivity contribution is 5.88. The van der Waals surface area contributed by atoms with Crippen LogP contribution in [-0.4, -0.2) is 28.9 Å². The first-order chi connectivity index (χ1) is 9.36. The predicted octanol–water partition coefficient (Wildman–Crippen LogP) is 2.25. The van der Waals surface area contributed by atoms with Gasteiger partial charge in [-0.2, -0.15) is 0 Å². The Kier molecular flexibility index (Phi) is 4.32. The van der Waals surface area contributed by atoms with Crippen LogP contribution in [0.15, 0.2) is 10.6 Å². The number of aromatic nitrogens is 1. The number of anilines is 1. The average Bonchev–Trinajstić information content (AvgIpc) is 2.95. The van der Waals surface area contributed by atoms with Crippen molar-refractivity contribution in [2.75, 3.05) is 11.9 Å². The van der Waals surface area contributed by atoms with Crippen molar-refractivity contribution < 1.29 is 14.4 Å². The third-order valence-electron chi connectivity index (χ3n) is 3.63. The summed E-state index contributed by atoms with van der Waals surface area (Å²) in [6.45, 7) is 6.52. The second-order valence-electron chi connectivity index (χ2n) is 6.42. The Morgan fingerprint density at radius 2 is 2.25 bits per heavy atom. The molecule has 112 valence electrons. The van der Waals surface area contributed by atoms with E-state index in [1.807, 2.05) is 20.8 Å². The number of hydrogen-bond donors (Lipinski definition) is 3. The number of urea groups is 1. The van der Waals surface area contributed by atoms with Crippen LogP contribution in [0.2, 0.25) is 0 Å². The second-order valence-corrected chi connectivity index (χ2v) is 6.42. The monoisotopic (exact) mass is 281 g/mol. The third-order valence-corrected chi connectivity index (χ3v) is 3.63. The summed E-state index contributed by atoms with van der Waals surface area (Å²) >= 11 is 0. The summed E-state index contributed by atoms with van der Waals surface area (Å²) in [5, 5.41) is 18.9. The van der Waals surface area contributed by atoms with Gasteiger partial charge >= 0.3 is 6.03 Å². The van der Waals surface area contributed by atoms with Gasteiger partial charge in [-0.25, -0.2) is 4.79 Å². The first-order valence-corrected chi connectivity index (χ1v) is 7.06. The molecule has 0 radical (unpaired) electrons. The zero-order chi connectivity index (χ0) is 14.8. The minimum absolute atomic E-state index is 0.142. The van der Waals surface area contributed by atoms with E-state index in [9.17, 15) is 9.90 Å². The molecule has 3 N–H and O–H groups in total. The first kappa shape index (κ1) is 14.8. The topological polar surface area (TPSA) is 87.4 Å². The van der Waals surface area contributed by atoms with Gasteiger partial charge in [-0.15, -0.1) is 0 Å². The van der Waals surface area contributed by atoms with Gasteiger partial charge < -0.3 is 14.9 Å². The lowest BCUT2D eigenvalue weighted by atomic mass is 9.93. The zero-order valence-electron chi connectivity index (χ0n) is 12.3. The molecule has 2 amide bonds. The van der Waals surface area contributed by atoms with Crippen LogP contribution in [-0.2, 0) is 5.41 Å². The number of aliphatic hydroxyl groups excluding tert-OH is 1. The number of carbonyl (C=O) groups is 1. The number of aliphatic hydroxyl groups is 1. The van der Waals surface area contributed by atoms with E-state index in [2.05, 4.69) is 15.8 Å². The van der Waals surface area contributed by atoms with Crippen LogP contribution in [0.4, 0.5) is 10.6 Å². The fourth-order valence-electron chi connectivity index (χ4n) is 2.33. The summed E-state index contributed by atoms with van der Waals surface area (Å²) in [4.78, 5) is 11.7. The number of amides is 2. The van der Waals surface area contributed by atoms with Gasteiger partial charge in [-0.05, 0) is 12.8 Å². The van der Waals surface area contributed by atoms with Crippen molar-refractivity contribution in [2.45, 2.75) is 51.6 Å². The van der Waals surface area contributed by atoms with Crippen LogP contribution in [0, 0.1) is 5.92 Å². The van der Waals surface area contributed by atoms with E-state index in [4.69, 9.17) is 4.52 Å². The summed E-state index contributed by atoms with van der Waals surface area (Å²) in [6, 6.07) is 1.40. The molecule has 2 atom stereocenters. The lowest BCUT2D eigenvalue weighted by Gasteiger charge is -2.14. The van der Waals surface area contributed by atoms with E-state index in [-0.39, 0.29) is 23.5 Å². The average molecular weight is 281 g/mol. The summed E-state index contributed by atoms with van der Waals surface area (Å²) < 4.78 is 5.19. The number of nitrogens with zero attached hydrogens (tertiary/aromatic N) is 1. The van der Waals surface area contributed by atoms with E-state index in [1.165, 1.54) is 0 Å². The van der Waals surface area contributed by atoms with Gasteiger partial charge in [0.25, 0.3) is 0 Å². The normalized spacial score (nSPS) is 22.8. The minimum atomic E-state index is -0.321. The Morgan fingerprint density at radius 1 is 1.50 bits per heavy atom. The van der Waals surface area contributed by atoms with E-state index < -0.39 is 0 Å². The molecule has 1 aliphatic carbocycles. The van der Waals surface area contributed by atoms with E-state index in [0.717, 1.165) is 25.0 Å². The number of carbonyl (C=O) groups excluding carboxylic acids is 1. The molecule has 0 saturated heterocycles. The highest BCUT2D eigenvalue weighted by Gasteiger charge is 2.25. The third kappa shape index (κ3) is 3.72. The molecule has 1 heterocycles. The molecule has 0 spiro atoms. The van der Waals surface area contributed by atoms with Crippen molar-refractivity contribution in [3.8, 4) is 0 Å². The number of hydrogen-bond acceptors (Lipinski definition) is 4. The second kappa shape index (κ2) is 5.83. The van der Waals surface area contributed by atoms with Crippen LogP contribution < -0.4 is 10.6 Å². The quantitative estimate of drug-likeness (QED) is 0.793. The van der Waals surface area contributed by atoms with Crippen molar-refractivity contribution >= 4 is 11.8 Å². The van der Waals surface area contributed by atoms with Crippen molar-refractivity contribution in [1.29, 1.82) is 0 Å². The molecule has 6 nitrogen and oxygen atoms in total. The van der Waals surface area contributed by atoms with Crippen molar-refractivity contribution in [3.63, 3.8) is 0 Å². The fraction of sp³-hybridized carbons (Fsp3) is 0.714. The Labute approximate surface area is 118 Å². The molecule has 2 rings (SSSR count). The molecular formula is C14H23N3O3. The highest BCUT2D eigenvalue weighted by atomic mass is 16.5. The highest BCUT2D eigenvalue weighted by Crippen LogP contribution is 2.25. The summed E-state index contributed by atoms with van der Waals surface area (Å²) in [7, 11) is 0. The van der Waals surface area contributed by atoms with Crippen LogP contribution in [0.1, 0.15) is 45.8 Å².